The predicted octanol–water partition coefficient (Wildman–Crippen LogP) is 2.65. The first-order valence-corrected chi connectivity index (χ1v) is 6.60. The summed E-state index contributed by atoms with van der Waals surface area (Å²) in [4.78, 5) is 10.4. The second-order valence-corrected chi connectivity index (χ2v) is 5.01. The molecule has 0 saturated heterocycles. The largest absolute Gasteiger partial charge is 0.395 e. The van der Waals surface area contributed by atoms with E-state index in [0.717, 1.165) is 12.0 Å². The van der Waals surface area contributed by atoms with Gasteiger partial charge < -0.3 is 10.4 Å². The number of non-ortho nitro benzene ring substituents is 1. The van der Waals surface area contributed by atoms with Crippen molar-refractivity contribution in [2.24, 2.45) is 5.92 Å². The number of aliphatic hydroxyl groups excluding tert-OH is 1. The summed E-state index contributed by atoms with van der Waals surface area (Å²) in [6.07, 6.45) is 0.810. The maximum atomic E-state index is 10.8. The molecule has 2 atom stereocenters. The third kappa shape index (κ3) is 4.29. The lowest BCUT2D eigenvalue weighted by molar-refractivity contribution is -0.384. The Labute approximate surface area is 113 Å². The Morgan fingerprint density at radius 2 is 2.11 bits per heavy atom. The molecule has 1 rings (SSSR count). The van der Waals surface area contributed by atoms with Gasteiger partial charge in [0, 0.05) is 24.2 Å². The number of rotatable bonds is 7. The lowest BCUT2D eigenvalue weighted by atomic mass is 9.99. The third-order valence-corrected chi connectivity index (χ3v) is 3.31. The van der Waals surface area contributed by atoms with Crippen molar-refractivity contribution >= 4 is 5.69 Å². The zero-order valence-corrected chi connectivity index (χ0v) is 11.7. The number of benzene rings is 1. The average Bonchev–Trinajstić information content (AvgIpc) is 2.39. The van der Waals surface area contributed by atoms with Crippen LogP contribution in [-0.2, 0) is 0 Å². The van der Waals surface area contributed by atoms with E-state index < -0.39 is 0 Å². The van der Waals surface area contributed by atoms with Crippen LogP contribution in [0.4, 0.5) is 5.69 Å². The van der Waals surface area contributed by atoms with Crippen molar-refractivity contribution in [3.8, 4) is 0 Å². The summed E-state index contributed by atoms with van der Waals surface area (Å²) in [5.74, 6) is 0.303. The van der Waals surface area contributed by atoms with E-state index in [4.69, 9.17) is 0 Å². The zero-order valence-electron chi connectivity index (χ0n) is 11.7. The second kappa shape index (κ2) is 7.21. The summed E-state index contributed by atoms with van der Waals surface area (Å²) in [6, 6.07) is 6.66. The molecule has 5 heteroatoms. The van der Waals surface area contributed by atoms with Crippen LogP contribution in [0.15, 0.2) is 24.3 Å². The van der Waals surface area contributed by atoms with Gasteiger partial charge in [-0.2, -0.15) is 0 Å². The highest BCUT2D eigenvalue weighted by atomic mass is 16.6. The summed E-state index contributed by atoms with van der Waals surface area (Å²) in [5.41, 5.74) is 0.985. The van der Waals surface area contributed by atoms with Crippen molar-refractivity contribution in [1.82, 2.24) is 5.32 Å². The maximum absolute atomic E-state index is 10.8. The fraction of sp³-hybridized carbons (Fsp3) is 0.571. The molecule has 5 nitrogen and oxygen atoms in total. The van der Waals surface area contributed by atoms with Crippen LogP contribution in [0.25, 0.3) is 0 Å². The summed E-state index contributed by atoms with van der Waals surface area (Å²) < 4.78 is 0. The first-order chi connectivity index (χ1) is 8.99. The molecule has 0 aliphatic rings. The monoisotopic (exact) mass is 266 g/mol. The highest BCUT2D eigenvalue weighted by Gasteiger charge is 2.19. The lowest BCUT2D eigenvalue weighted by Crippen LogP contribution is -2.39. The maximum Gasteiger partial charge on any atom is 0.269 e. The van der Waals surface area contributed by atoms with Gasteiger partial charge in [0.25, 0.3) is 5.69 Å². The molecule has 1 aromatic carbocycles. The molecule has 1 aromatic rings. The van der Waals surface area contributed by atoms with Crippen LogP contribution >= 0.6 is 0 Å². The SMILES string of the molecule is CCC(N[C@H](CO)C(C)C)c1cccc([N+](=O)[O-])c1. The van der Waals surface area contributed by atoms with E-state index in [1.807, 2.05) is 26.8 Å². The number of hydrogen-bond acceptors (Lipinski definition) is 4. The minimum absolute atomic E-state index is 0.00999. The quantitative estimate of drug-likeness (QED) is 0.587. The van der Waals surface area contributed by atoms with Gasteiger partial charge >= 0.3 is 0 Å². The second-order valence-electron chi connectivity index (χ2n) is 5.01. The van der Waals surface area contributed by atoms with Crippen LogP contribution in [0.2, 0.25) is 0 Å². The molecule has 0 radical (unpaired) electrons. The lowest BCUT2D eigenvalue weighted by Gasteiger charge is -2.26. The van der Waals surface area contributed by atoms with Crippen LogP contribution in [0.1, 0.15) is 38.8 Å². The summed E-state index contributed by atoms with van der Waals surface area (Å²) >= 11 is 0. The molecule has 0 fully saturated rings. The topological polar surface area (TPSA) is 75.4 Å². The van der Waals surface area contributed by atoms with E-state index in [2.05, 4.69) is 5.32 Å². The van der Waals surface area contributed by atoms with Gasteiger partial charge in [0.15, 0.2) is 0 Å². The van der Waals surface area contributed by atoms with Crippen LogP contribution in [0.3, 0.4) is 0 Å². The van der Waals surface area contributed by atoms with Gasteiger partial charge in [-0.1, -0.05) is 32.9 Å². The molecule has 2 N–H and O–H groups in total. The van der Waals surface area contributed by atoms with E-state index in [1.165, 1.54) is 6.07 Å². The standard InChI is InChI=1S/C14H22N2O3/c1-4-13(15-14(9-17)10(2)3)11-6-5-7-12(8-11)16(18)19/h5-8,10,13-15,17H,4,9H2,1-3H3/t13?,14-/m1/s1. The Hall–Kier alpha value is -1.46. The molecule has 0 bridgehead atoms. The van der Waals surface area contributed by atoms with Gasteiger partial charge in [-0.05, 0) is 17.9 Å². The fourth-order valence-corrected chi connectivity index (χ4v) is 2.02. The van der Waals surface area contributed by atoms with E-state index in [9.17, 15) is 15.2 Å². The van der Waals surface area contributed by atoms with E-state index in [0.29, 0.717) is 5.92 Å². The Morgan fingerprint density at radius 3 is 2.58 bits per heavy atom. The average molecular weight is 266 g/mol. The summed E-state index contributed by atoms with van der Waals surface area (Å²) in [6.45, 7) is 6.15. The molecule has 0 amide bonds. The molecule has 0 spiro atoms. The molecule has 0 aliphatic carbocycles. The first-order valence-electron chi connectivity index (χ1n) is 6.60. The van der Waals surface area contributed by atoms with E-state index in [-0.39, 0.29) is 29.3 Å². The molecular weight excluding hydrogens is 244 g/mol. The molecule has 19 heavy (non-hydrogen) atoms. The van der Waals surface area contributed by atoms with E-state index in [1.54, 1.807) is 12.1 Å². The third-order valence-electron chi connectivity index (χ3n) is 3.31. The number of nitro groups is 1. The Bertz CT molecular complexity index is 421. The molecule has 1 unspecified atom stereocenters. The Balaban J connectivity index is 2.90. The van der Waals surface area contributed by atoms with Gasteiger partial charge in [-0.3, -0.25) is 10.1 Å². The van der Waals surface area contributed by atoms with Gasteiger partial charge in [-0.15, -0.1) is 0 Å². The first kappa shape index (κ1) is 15.6. The zero-order chi connectivity index (χ0) is 14.4. The summed E-state index contributed by atoms with van der Waals surface area (Å²) in [7, 11) is 0. The fourth-order valence-electron chi connectivity index (χ4n) is 2.02. The van der Waals surface area contributed by atoms with Gasteiger partial charge in [0.2, 0.25) is 0 Å². The number of aliphatic hydroxyl groups is 1. The number of nitrogens with one attached hydrogen (secondary N) is 1. The molecule has 0 heterocycles. The highest BCUT2D eigenvalue weighted by Crippen LogP contribution is 2.22. The van der Waals surface area contributed by atoms with Gasteiger partial charge in [0.1, 0.15) is 0 Å². The van der Waals surface area contributed by atoms with E-state index >= 15 is 0 Å². The van der Waals surface area contributed by atoms with Crippen LogP contribution in [-0.4, -0.2) is 22.7 Å². The van der Waals surface area contributed by atoms with Crippen molar-refractivity contribution in [2.45, 2.75) is 39.3 Å². The number of nitrogens with zero attached hydrogens (tertiary/aromatic N) is 1. The van der Waals surface area contributed by atoms with Crippen molar-refractivity contribution in [1.29, 1.82) is 0 Å². The molecule has 0 saturated carbocycles. The molecule has 0 aliphatic heterocycles. The minimum atomic E-state index is -0.387. The van der Waals surface area contributed by atoms with Gasteiger partial charge in [-0.25, -0.2) is 0 Å². The molecule has 0 aromatic heterocycles. The smallest absolute Gasteiger partial charge is 0.269 e. The summed E-state index contributed by atoms with van der Waals surface area (Å²) in [5, 5.41) is 23.5. The number of nitro benzene ring substituents is 1. The Kier molecular flexibility index (Phi) is 5.92. The molecular formula is C14H22N2O3. The van der Waals surface area contributed by atoms with Crippen molar-refractivity contribution in [3.05, 3.63) is 39.9 Å². The van der Waals surface area contributed by atoms with Crippen molar-refractivity contribution in [2.75, 3.05) is 6.61 Å². The van der Waals surface area contributed by atoms with Crippen molar-refractivity contribution in [3.63, 3.8) is 0 Å². The van der Waals surface area contributed by atoms with Gasteiger partial charge in [0.05, 0.1) is 11.5 Å². The van der Waals surface area contributed by atoms with Crippen LogP contribution in [0, 0.1) is 16.0 Å². The minimum Gasteiger partial charge on any atom is -0.395 e. The van der Waals surface area contributed by atoms with Crippen LogP contribution < -0.4 is 5.32 Å². The predicted molar refractivity (Wildman–Crippen MR) is 75.0 cm³/mol. The molecule has 106 valence electrons. The van der Waals surface area contributed by atoms with Crippen molar-refractivity contribution < 1.29 is 10.0 Å². The highest BCUT2D eigenvalue weighted by molar-refractivity contribution is 5.35. The normalized spacial score (nSPS) is 14.4. The van der Waals surface area contributed by atoms with Crippen LogP contribution in [0.5, 0.6) is 0 Å². The Morgan fingerprint density at radius 1 is 1.42 bits per heavy atom. The number of hydrogen-bond donors (Lipinski definition) is 2.